The van der Waals surface area contributed by atoms with Crippen LogP contribution in [-0.4, -0.2) is 56.3 Å². The lowest BCUT2D eigenvalue weighted by Crippen LogP contribution is -2.41. The normalized spacial score (nSPS) is 27.5. The topological polar surface area (TPSA) is 99.5 Å². The van der Waals surface area contributed by atoms with Crippen molar-refractivity contribution >= 4 is 17.5 Å². The quantitative estimate of drug-likeness (QED) is 0.659. The summed E-state index contributed by atoms with van der Waals surface area (Å²) >= 11 is 0. The van der Waals surface area contributed by atoms with Gasteiger partial charge in [-0.15, -0.1) is 0 Å². The van der Waals surface area contributed by atoms with E-state index >= 15 is 0 Å². The number of anilines is 1. The summed E-state index contributed by atoms with van der Waals surface area (Å²) in [6, 6.07) is 6.91. The number of fused-ring (bicyclic) bond motifs is 1. The zero-order chi connectivity index (χ0) is 22.5. The number of hydrogen-bond acceptors (Lipinski definition) is 7. The highest BCUT2D eigenvalue weighted by molar-refractivity contribution is 5.99. The zero-order valence-electron chi connectivity index (χ0n) is 18.0. The minimum atomic E-state index is -0.786. The fourth-order valence-electron chi connectivity index (χ4n) is 4.98. The van der Waals surface area contributed by atoms with Gasteiger partial charge in [-0.05, 0) is 12.1 Å². The number of carbonyl (C=O) groups is 2. The van der Waals surface area contributed by atoms with E-state index in [2.05, 4.69) is 5.32 Å². The van der Waals surface area contributed by atoms with Crippen molar-refractivity contribution in [2.45, 2.75) is 18.2 Å². The Morgan fingerprint density at radius 1 is 1.22 bits per heavy atom. The van der Waals surface area contributed by atoms with E-state index in [0.717, 1.165) is 0 Å². The van der Waals surface area contributed by atoms with Gasteiger partial charge in [0.2, 0.25) is 17.6 Å². The first-order valence-electron chi connectivity index (χ1n) is 10.3. The van der Waals surface area contributed by atoms with E-state index in [0.29, 0.717) is 41.8 Å². The monoisotopic (exact) mass is 440 g/mol. The van der Waals surface area contributed by atoms with Gasteiger partial charge in [0.05, 0.1) is 58.6 Å². The molecule has 0 saturated carbocycles. The van der Waals surface area contributed by atoms with Gasteiger partial charge in [0.25, 0.3) is 0 Å². The van der Waals surface area contributed by atoms with E-state index in [-0.39, 0.29) is 11.8 Å². The largest absolute Gasteiger partial charge is 0.493 e. The van der Waals surface area contributed by atoms with Gasteiger partial charge in [-0.1, -0.05) is 12.2 Å². The number of benzene rings is 1. The van der Waals surface area contributed by atoms with Crippen LogP contribution in [-0.2, 0) is 20.9 Å². The second kappa shape index (κ2) is 7.59. The molecule has 4 atom stereocenters. The molecule has 2 amide bonds. The molecular weight excluding hydrogens is 416 g/mol. The van der Waals surface area contributed by atoms with Crippen molar-refractivity contribution in [1.82, 2.24) is 4.90 Å². The first-order valence-corrected chi connectivity index (χ1v) is 10.3. The van der Waals surface area contributed by atoms with Crippen LogP contribution in [0, 0.1) is 11.8 Å². The van der Waals surface area contributed by atoms with Crippen molar-refractivity contribution in [3.63, 3.8) is 0 Å². The number of carbonyl (C=O) groups excluding carboxylic acids is 2. The van der Waals surface area contributed by atoms with E-state index in [9.17, 15) is 9.59 Å². The van der Waals surface area contributed by atoms with Gasteiger partial charge in [-0.2, -0.15) is 0 Å². The van der Waals surface area contributed by atoms with E-state index in [1.54, 1.807) is 29.4 Å². The molecular formula is C23H24N2O7. The number of amides is 2. The van der Waals surface area contributed by atoms with Crippen molar-refractivity contribution in [1.29, 1.82) is 0 Å². The van der Waals surface area contributed by atoms with Gasteiger partial charge in [-0.25, -0.2) is 0 Å². The third-order valence-corrected chi connectivity index (χ3v) is 6.34. The summed E-state index contributed by atoms with van der Waals surface area (Å²) in [5, 5.41) is 2.90. The number of furan rings is 1. The first kappa shape index (κ1) is 20.4. The van der Waals surface area contributed by atoms with Crippen LogP contribution in [0.25, 0.3) is 0 Å². The molecule has 9 heteroatoms. The molecule has 0 radical (unpaired) electrons. The Kier molecular flexibility index (Phi) is 4.85. The molecule has 32 heavy (non-hydrogen) atoms. The van der Waals surface area contributed by atoms with Crippen molar-refractivity contribution < 1.29 is 33.0 Å². The molecule has 5 rings (SSSR count). The molecule has 1 aromatic heterocycles. The molecule has 2 bridgehead atoms. The van der Waals surface area contributed by atoms with Crippen molar-refractivity contribution in [2.75, 3.05) is 33.2 Å². The van der Waals surface area contributed by atoms with Crippen molar-refractivity contribution in [3.05, 3.63) is 48.4 Å². The fraction of sp³-hybridized carbons (Fsp3) is 0.391. The average molecular weight is 440 g/mol. The first-order chi connectivity index (χ1) is 15.5. The summed E-state index contributed by atoms with van der Waals surface area (Å²) in [5.41, 5.74) is -0.311. The predicted octanol–water partition coefficient (Wildman–Crippen LogP) is 2.23. The Balaban J connectivity index is 1.39. The molecule has 1 N–H and O–H groups in total. The number of methoxy groups -OCH3 is 3. The molecule has 4 heterocycles. The Hall–Kier alpha value is -3.46. The molecule has 2 saturated heterocycles. The van der Waals surface area contributed by atoms with Crippen LogP contribution >= 0.6 is 0 Å². The average Bonchev–Trinajstić information content (AvgIpc) is 3.56. The summed E-state index contributed by atoms with van der Waals surface area (Å²) in [4.78, 5) is 28.3. The highest BCUT2D eigenvalue weighted by Gasteiger charge is 2.66. The van der Waals surface area contributed by atoms with Crippen LogP contribution in [0.1, 0.15) is 5.76 Å². The third-order valence-electron chi connectivity index (χ3n) is 6.34. The summed E-state index contributed by atoms with van der Waals surface area (Å²) < 4.78 is 27.6. The molecule has 3 aliphatic heterocycles. The van der Waals surface area contributed by atoms with Crippen molar-refractivity contribution in [3.8, 4) is 17.2 Å². The van der Waals surface area contributed by atoms with Gasteiger partial charge in [0.15, 0.2) is 11.5 Å². The van der Waals surface area contributed by atoms with E-state index in [1.807, 2.05) is 18.2 Å². The maximum Gasteiger partial charge on any atom is 0.231 e. The molecule has 1 spiro atoms. The van der Waals surface area contributed by atoms with Crippen LogP contribution in [0.5, 0.6) is 17.2 Å². The van der Waals surface area contributed by atoms with Gasteiger partial charge < -0.3 is 33.6 Å². The van der Waals surface area contributed by atoms with Gasteiger partial charge in [0, 0.05) is 17.8 Å². The van der Waals surface area contributed by atoms with E-state index in [4.69, 9.17) is 23.4 Å². The Bertz CT molecular complexity index is 1060. The maximum atomic E-state index is 13.3. The molecule has 2 fully saturated rings. The number of hydrogen-bond donors (Lipinski definition) is 1. The van der Waals surface area contributed by atoms with Crippen molar-refractivity contribution in [2.24, 2.45) is 11.8 Å². The number of ether oxygens (including phenoxy) is 4. The van der Waals surface area contributed by atoms with Crippen LogP contribution in [0.3, 0.4) is 0 Å². The van der Waals surface area contributed by atoms with Crippen LogP contribution in [0.4, 0.5) is 5.69 Å². The summed E-state index contributed by atoms with van der Waals surface area (Å²) in [7, 11) is 4.52. The van der Waals surface area contributed by atoms with Gasteiger partial charge in [0.1, 0.15) is 11.4 Å². The summed E-state index contributed by atoms with van der Waals surface area (Å²) in [5.74, 6) is 0.313. The molecule has 0 unspecified atom stereocenters. The smallest absolute Gasteiger partial charge is 0.231 e. The highest BCUT2D eigenvalue weighted by atomic mass is 16.5. The molecule has 0 aliphatic carbocycles. The van der Waals surface area contributed by atoms with E-state index in [1.165, 1.54) is 21.3 Å². The highest BCUT2D eigenvalue weighted by Crippen LogP contribution is 2.52. The van der Waals surface area contributed by atoms with E-state index < -0.39 is 23.5 Å². The summed E-state index contributed by atoms with van der Waals surface area (Å²) in [6.45, 7) is 0.728. The number of likely N-dealkylation sites (tertiary alicyclic amines) is 1. The minimum absolute atomic E-state index is 0.113. The predicted molar refractivity (Wildman–Crippen MR) is 113 cm³/mol. The lowest BCUT2D eigenvalue weighted by Gasteiger charge is -2.23. The molecule has 9 nitrogen and oxygen atoms in total. The Labute approximate surface area is 184 Å². The van der Waals surface area contributed by atoms with Crippen LogP contribution in [0.15, 0.2) is 47.1 Å². The molecule has 2 aromatic rings. The third kappa shape index (κ3) is 3.03. The fourth-order valence-corrected chi connectivity index (χ4v) is 4.98. The number of rotatable bonds is 7. The standard InChI is InChI=1S/C23H24N2O7/c1-28-16-9-13(10-17(29-2)20(16)30-3)24-21(26)18-15-6-7-23(32-15)12-25(22(27)19(18)23)11-14-5-4-8-31-14/h4-10,15,18-19H,11-12H2,1-3H3,(H,24,26)/t15-,18+,19-,23+/m1/s1. The van der Waals surface area contributed by atoms with Gasteiger partial charge in [-0.3, -0.25) is 9.59 Å². The molecule has 3 aliphatic rings. The van der Waals surface area contributed by atoms with Gasteiger partial charge >= 0.3 is 0 Å². The number of nitrogens with one attached hydrogen (secondary N) is 1. The van der Waals surface area contributed by atoms with Crippen LogP contribution in [0.2, 0.25) is 0 Å². The second-order valence-corrected chi connectivity index (χ2v) is 8.08. The maximum absolute atomic E-state index is 13.3. The molecule has 1 aromatic carbocycles. The lowest BCUT2D eigenvalue weighted by molar-refractivity contribution is -0.136. The zero-order valence-corrected chi connectivity index (χ0v) is 18.0. The molecule has 168 valence electrons. The second-order valence-electron chi connectivity index (χ2n) is 8.08. The SMILES string of the molecule is COc1cc(NC(=O)[C@H]2[C@H]3C=C[C@@]4(CN(Cc5ccco5)C(=O)[C@@H]24)O3)cc(OC)c1OC. The van der Waals surface area contributed by atoms with Crippen LogP contribution < -0.4 is 19.5 Å². The Morgan fingerprint density at radius 2 is 1.97 bits per heavy atom. The number of nitrogens with zero attached hydrogens (tertiary/aromatic N) is 1. The minimum Gasteiger partial charge on any atom is -0.493 e. The lowest BCUT2D eigenvalue weighted by atomic mass is 9.77. The summed E-state index contributed by atoms with van der Waals surface area (Å²) in [6.07, 6.45) is 4.92. The Morgan fingerprint density at radius 3 is 2.59 bits per heavy atom.